The van der Waals surface area contributed by atoms with E-state index in [2.05, 4.69) is 16.0 Å². The van der Waals surface area contributed by atoms with Crippen molar-refractivity contribution in [1.82, 2.24) is 5.32 Å². The Morgan fingerprint density at radius 3 is 1.84 bits per heavy atom. The number of nitro benzene ring substituents is 1. The lowest BCUT2D eigenvalue weighted by molar-refractivity contribution is -0.384. The molecule has 12 nitrogen and oxygen atoms in total. The van der Waals surface area contributed by atoms with Crippen LogP contribution in [0, 0.1) is 16.0 Å². The minimum Gasteiger partial charge on any atom is -0.481 e. The average Bonchev–Trinajstić information content (AvgIpc) is 2.95. The highest BCUT2D eigenvalue weighted by atomic mass is 16.6. The smallest absolute Gasteiger partial charge is 0.326 e. The van der Waals surface area contributed by atoms with Gasteiger partial charge in [0.15, 0.2) is 0 Å². The summed E-state index contributed by atoms with van der Waals surface area (Å²) in [5, 5.41) is 37.4. The maximum absolute atomic E-state index is 13.4. The Hall–Kier alpha value is -5.26. The molecule has 0 saturated carbocycles. The molecule has 0 aliphatic rings. The van der Waals surface area contributed by atoms with E-state index in [1.54, 1.807) is 48.5 Å². The van der Waals surface area contributed by atoms with Crippen molar-refractivity contribution in [3.05, 3.63) is 99.6 Å². The number of non-ortho nitro benzene ring substituents is 1. The normalized spacial score (nSPS) is 12.2. The fourth-order valence-corrected chi connectivity index (χ4v) is 4.43. The third kappa shape index (κ3) is 10.3. The van der Waals surface area contributed by atoms with Crippen LogP contribution in [-0.2, 0) is 27.2 Å². The van der Waals surface area contributed by atoms with Gasteiger partial charge in [-0.1, -0.05) is 50.2 Å². The first-order valence-electron chi connectivity index (χ1n) is 13.7. The van der Waals surface area contributed by atoms with Gasteiger partial charge in [-0.15, -0.1) is 0 Å². The number of nitro groups is 1. The molecule has 0 spiro atoms. The van der Waals surface area contributed by atoms with E-state index in [-0.39, 0.29) is 24.4 Å². The Bertz CT molecular complexity index is 1440. The van der Waals surface area contributed by atoms with Crippen molar-refractivity contribution >= 4 is 40.9 Å². The lowest BCUT2D eigenvalue weighted by Gasteiger charge is -2.22. The SMILES string of the molecule is CC(C)CC(C(=O)NC(Cc1ccc(CCC(=O)O)cc1)C(=O)O)c1ccc(NC(=O)Nc2ccc([N+](=O)[O-])cc2)cc1. The maximum Gasteiger partial charge on any atom is 0.326 e. The molecule has 5 N–H and O–H groups in total. The van der Waals surface area contributed by atoms with E-state index in [9.17, 15) is 34.4 Å². The molecule has 3 amide bonds. The number of benzene rings is 3. The van der Waals surface area contributed by atoms with Crippen LogP contribution in [0.2, 0.25) is 0 Å². The molecular weight excluding hydrogens is 556 g/mol. The van der Waals surface area contributed by atoms with Gasteiger partial charge >= 0.3 is 18.0 Å². The molecule has 3 rings (SSSR count). The minimum absolute atomic E-state index is 0.00316. The summed E-state index contributed by atoms with van der Waals surface area (Å²) in [6.45, 7) is 3.92. The minimum atomic E-state index is -1.18. The van der Waals surface area contributed by atoms with Crippen LogP contribution >= 0.6 is 0 Å². The number of anilines is 2. The van der Waals surface area contributed by atoms with Gasteiger partial charge in [0.05, 0.1) is 10.8 Å². The number of aryl methyl sites for hydroxylation is 1. The molecule has 3 aromatic carbocycles. The summed E-state index contributed by atoms with van der Waals surface area (Å²) in [7, 11) is 0. The molecule has 226 valence electrons. The zero-order valence-corrected chi connectivity index (χ0v) is 23.8. The molecule has 0 fully saturated rings. The summed E-state index contributed by atoms with van der Waals surface area (Å²) in [6.07, 6.45) is 0.881. The number of nitrogens with zero attached hydrogens (tertiary/aromatic N) is 1. The van der Waals surface area contributed by atoms with Crippen LogP contribution in [0.25, 0.3) is 0 Å². The van der Waals surface area contributed by atoms with E-state index in [0.29, 0.717) is 35.3 Å². The zero-order valence-electron chi connectivity index (χ0n) is 23.8. The average molecular weight is 591 g/mol. The van der Waals surface area contributed by atoms with Crippen LogP contribution in [0.5, 0.6) is 0 Å². The number of urea groups is 1. The number of carbonyl (C=O) groups is 4. The lowest BCUT2D eigenvalue weighted by Crippen LogP contribution is -2.44. The second kappa shape index (κ2) is 15.1. The second-order valence-corrected chi connectivity index (χ2v) is 10.5. The van der Waals surface area contributed by atoms with Crippen LogP contribution in [0.4, 0.5) is 21.9 Å². The molecule has 2 atom stereocenters. The van der Waals surface area contributed by atoms with Crippen LogP contribution < -0.4 is 16.0 Å². The van der Waals surface area contributed by atoms with E-state index in [1.165, 1.54) is 24.3 Å². The number of aliphatic carboxylic acids is 2. The third-order valence-corrected chi connectivity index (χ3v) is 6.64. The molecule has 0 saturated heterocycles. The van der Waals surface area contributed by atoms with Crippen molar-refractivity contribution in [2.45, 2.75) is 51.5 Å². The summed E-state index contributed by atoms with van der Waals surface area (Å²) in [4.78, 5) is 58.8. The molecule has 0 aromatic heterocycles. The fourth-order valence-electron chi connectivity index (χ4n) is 4.43. The van der Waals surface area contributed by atoms with Gasteiger partial charge in [0, 0.05) is 36.3 Å². The predicted octanol–water partition coefficient (Wildman–Crippen LogP) is 5.20. The van der Waals surface area contributed by atoms with Crippen LogP contribution in [0.15, 0.2) is 72.8 Å². The molecule has 3 aromatic rings. The molecule has 43 heavy (non-hydrogen) atoms. The van der Waals surface area contributed by atoms with Gasteiger partial charge in [-0.25, -0.2) is 9.59 Å². The number of carboxylic acid groups (broad SMARTS) is 2. The third-order valence-electron chi connectivity index (χ3n) is 6.64. The molecular formula is C31H34N4O8. The van der Waals surface area contributed by atoms with Crippen LogP contribution in [-0.4, -0.2) is 45.1 Å². The van der Waals surface area contributed by atoms with Crippen molar-refractivity contribution in [3.8, 4) is 0 Å². The Labute approximate surface area is 248 Å². The number of carboxylic acids is 2. The lowest BCUT2D eigenvalue weighted by atomic mass is 9.89. The quantitative estimate of drug-likeness (QED) is 0.125. The number of carbonyl (C=O) groups excluding carboxylic acids is 2. The molecule has 12 heteroatoms. The monoisotopic (exact) mass is 590 g/mol. The van der Waals surface area contributed by atoms with Crippen molar-refractivity contribution in [1.29, 1.82) is 0 Å². The molecule has 0 aliphatic carbocycles. The van der Waals surface area contributed by atoms with Gasteiger partial charge in [-0.05, 0) is 59.7 Å². The van der Waals surface area contributed by atoms with E-state index < -0.39 is 40.8 Å². The van der Waals surface area contributed by atoms with Gasteiger partial charge in [0.25, 0.3) is 5.69 Å². The van der Waals surface area contributed by atoms with E-state index in [1.807, 2.05) is 13.8 Å². The number of amides is 3. The summed E-state index contributed by atoms with van der Waals surface area (Å²) in [6, 6.07) is 17.3. The molecule has 2 unspecified atom stereocenters. The van der Waals surface area contributed by atoms with Gasteiger partial charge in [-0.3, -0.25) is 19.7 Å². The number of hydrogen-bond acceptors (Lipinski definition) is 6. The van der Waals surface area contributed by atoms with Crippen molar-refractivity contribution < 1.29 is 34.3 Å². The zero-order chi connectivity index (χ0) is 31.5. The van der Waals surface area contributed by atoms with Crippen molar-refractivity contribution in [2.24, 2.45) is 5.92 Å². The molecule has 0 heterocycles. The Morgan fingerprint density at radius 1 is 0.814 bits per heavy atom. The summed E-state index contributed by atoms with van der Waals surface area (Å²) in [5.74, 6) is -3.02. The number of nitrogens with one attached hydrogen (secondary N) is 3. The second-order valence-electron chi connectivity index (χ2n) is 10.5. The Morgan fingerprint density at radius 2 is 1.35 bits per heavy atom. The van der Waals surface area contributed by atoms with Crippen molar-refractivity contribution in [3.63, 3.8) is 0 Å². The first-order chi connectivity index (χ1) is 20.4. The van der Waals surface area contributed by atoms with Crippen molar-refractivity contribution in [2.75, 3.05) is 10.6 Å². The van der Waals surface area contributed by atoms with Gasteiger partial charge in [0.2, 0.25) is 5.91 Å². The highest BCUT2D eigenvalue weighted by molar-refractivity contribution is 5.99. The Kier molecular flexibility index (Phi) is 11.3. The fraction of sp³-hybridized carbons (Fsp3) is 0.290. The highest BCUT2D eigenvalue weighted by Gasteiger charge is 2.27. The number of hydrogen-bond donors (Lipinski definition) is 5. The topological polar surface area (TPSA) is 188 Å². The molecule has 0 aliphatic heterocycles. The van der Waals surface area contributed by atoms with Gasteiger partial charge in [-0.2, -0.15) is 0 Å². The molecule has 0 bridgehead atoms. The largest absolute Gasteiger partial charge is 0.481 e. The van der Waals surface area contributed by atoms with Gasteiger partial charge in [0.1, 0.15) is 6.04 Å². The maximum atomic E-state index is 13.4. The van der Waals surface area contributed by atoms with Gasteiger partial charge < -0.3 is 26.2 Å². The number of rotatable bonds is 14. The first-order valence-corrected chi connectivity index (χ1v) is 13.7. The summed E-state index contributed by atoms with van der Waals surface area (Å²) in [5.41, 5.74) is 2.88. The predicted molar refractivity (Wildman–Crippen MR) is 160 cm³/mol. The Balaban J connectivity index is 1.65. The molecule has 0 radical (unpaired) electrons. The van der Waals surface area contributed by atoms with E-state index in [0.717, 1.165) is 5.56 Å². The summed E-state index contributed by atoms with van der Waals surface area (Å²) >= 11 is 0. The van der Waals surface area contributed by atoms with Crippen LogP contribution in [0.1, 0.15) is 49.3 Å². The van der Waals surface area contributed by atoms with E-state index >= 15 is 0 Å². The van der Waals surface area contributed by atoms with Crippen LogP contribution in [0.3, 0.4) is 0 Å². The first kappa shape index (κ1) is 32.3. The summed E-state index contributed by atoms with van der Waals surface area (Å²) < 4.78 is 0. The van der Waals surface area contributed by atoms with E-state index in [4.69, 9.17) is 5.11 Å². The standard InChI is InChI=1S/C31H34N4O8/c1-19(2)17-26(29(38)34-27(30(39)40)18-21-5-3-20(4-6-21)7-16-28(36)37)22-8-10-23(11-9-22)32-31(41)33-24-12-14-25(15-13-24)35(42)43/h3-6,8-15,19,26-27H,7,16-18H2,1-2H3,(H,34,38)(H,36,37)(H,39,40)(H2,32,33,41). The highest BCUT2D eigenvalue weighted by Crippen LogP contribution is 2.26.